The topological polar surface area (TPSA) is 158 Å². The number of nitro groups is 1. The maximum atomic E-state index is 13.3. The van der Waals surface area contributed by atoms with Gasteiger partial charge in [-0.2, -0.15) is 16.9 Å². The second-order valence-corrected chi connectivity index (χ2v) is 10.8. The lowest BCUT2D eigenvalue weighted by atomic mass is 10.2. The number of amides is 1. The van der Waals surface area contributed by atoms with E-state index in [0.717, 1.165) is 10.4 Å². The minimum absolute atomic E-state index is 0.0547. The number of non-ortho nitro benzene ring substituents is 1. The summed E-state index contributed by atoms with van der Waals surface area (Å²) in [5, 5.41) is 15.1. The number of thioether (sulfide) groups is 1. The van der Waals surface area contributed by atoms with E-state index in [0.29, 0.717) is 23.7 Å². The number of benzene rings is 3. The number of carbonyl (C=O) groups excluding carboxylic acids is 2. The van der Waals surface area contributed by atoms with Crippen molar-refractivity contribution in [3.63, 3.8) is 0 Å². The van der Waals surface area contributed by atoms with Crippen molar-refractivity contribution in [2.24, 2.45) is 5.10 Å². The van der Waals surface area contributed by atoms with Gasteiger partial charge in [0.25, 0.3) is 21.6 Å². The first-order valence-electron chi connectivity index (χ1n) is 11.7. The number of rotatable bonds is 14. The van der Waals surface area contributed by atoms with Gasteiger partial charge in [-0.3, -0.25) is 19.2 Å². The molecule has 3 aromatic rings. The zero-order chi connectivity index (χ0) is 29.0. The Kier molecular flexibility index (Phi) is 11.0. The molecule has 0 aliphatic heterocycles. The summed E-state index contributed by atoms with van der Waals surface area (Å²) in [4.78, 5) is 34.8. The summed E-state index contributed by atoms with van der Waals surface area (Å²) in [5.74, 6) is -0.119. The number of hydrogen-bond donors (Lipinski definition) is 1. The highest BCUT2D eigenvalue weighted by Gasteiger charge is 2.28. The number of nitrogens with one attached hydrogen (secondary N) is 1. The molecular formula is C26H26N4O8S2. The summed E-state index contributed by atoms with van der Waals surface area (Å²) in [5.41, 5.74) is 2.47. The van der Waals surface area contributed by atoms with E-state index in [1.165, 1.54) is 48.7 Å². The molecular weight excluding hydrogens is 560 g/mol. The first kappa shape index (κ1) is 30.1. The maximum absolute atomic E-state index is 13.3. The van der Waals surface area contributed by atoms with Crippen LogP contribution in [0.4, 0.5) is 11.4 Å². The van der Waals surface area contributed by atoms with Crippen LogP contribution in [0.3, 0.4) is 0 Å². The van der Waals surface area contributed by atoms with Crippen LogP contribution in [0.2, 0.25) is 0 Å². The quantitative estimate of drug-likeness (QED) is 0.0984. The highest BCUT2D eigenvalue weighted by Crippen LogP contribution is 2.26. The maximum Gasteiger partial charge on any atom is 0.344 e. The Balaban J connectivity index is 1.65. The smallest absolute Gasteiger partial charge is 0.344 e. The minimum atomic E-state index is -4.24. The minimum Gasteiger partial charge on any atom is -0.482 e. The molecule has 1 N–H and O–H groups in total. The molecule has 0 aliphatic carbocycles. The highest BCUT2D eigenvalue weighted by atomic mass is 32.2. The average Bonchev–Trinajstić information content (AvgIpc) is 2.96. The monoisotopic (exact) mass is 586 g/mol. The molecule has 14 heteroatoms. The van der Waals surface area contributed by atoms with E-state index in [4.69, 9.17) is 9.47 Å². The van der Waals surface area contributed by atoms with Gasteiger partial charge in [-0.25, -0.2) is 18.6 Å². The Morgan fingerprint density at radius 2 is 1.80 bits per heavy atom. The van der Waals surface area contributed by atoms with E-state index < -0.39 is 33.4 Å². The number of hydrazone groups is 1. The highest BCUT2D eigenvalue weighted by molar-refractivity contribution is 7.98. The predicted octanol–water partition coefficient (Wildman–Crippen LogP) is 3.23. The van der Waals surface area contributed by atoms with Crippen LogP contribution >= 0.6 is 11.8 Å². The molecule has 0 unspecified atom stereocenters. The molecule has 0 saturated carbocycles. The Morgan fingerprint density at radius 1 is 1.07 bits per heavy atom. The van der Waals surface area contributed by atoms with Crippen molar-refractivity contribution in [1.29, 1.82) is 0 Å². The van der Waals surface area contributed by atoms with Gasteiger partial charge in [0.2, 0.25) is 0 Å². The SMILES string of the molecule is CSCCOC(=O)COc1ccc(/C=N\NC(=O)CN(c2cccc([N+](=O)[O-])c2)S(=O)(=O)c2ccccc2)cc1. The first-order chi connectivity index (χ1) is 19.2. The molecule has 0 fully saturated rings. The molecule has 0 heterocycles. The van der Waals surface area contributed by atoms with Gasteiger partial charge in [0.1, 0.15) is 18.9 Å². The summed E-state index contributed by atoms with van der Waals surface area (Å²) < 4.78 is 37.8. The molecule has 1 amide bonds. The molecule has 0 radical (unpaired) electrons. The molecule has 0 spiro atoms. The van der Waals surface area contributed by atoms with E-state index in [9.17, 15) is 28.1 Å². The number of sulfonamides is 1. The van der Waals surface area contributed by atoms with Crippen LogP contribution in [-0.4, -0.2) is 63.2 Å². The number of carbonyl (C=O) groups is 2. The molecule has 0 atom stereocenters. The van der Waals surface area contributed by atoms with Crippen LogP contribution in [-0.2, 0) is 24.3 Å². The second kappa shape index (κ2) is 14.6. The van der Waals surface area contributed by atoms with E-state index in [-0.39, 0.29) is 22.9 Å². The van der Waals surface area contributed by atoms with Gasteiger partial charge in [-0.05, 0) is 54.3 Å². The zero-order valence-electron chi connectivity index (χ0n) is 21.3. The number of hydrogen-bond acceptors (Lipinski definition) is 10. The van der Waals surface area contributed by atoms with E-state index in [2.05, 4.69) is 10.5 Å². The van der Waals surface area contributed by atoms with E-state index >= 15 is 0 Å². The zero-order valence-corrected chi connectivity index (χ0v) is 23.0. The summed E-state index contributed by atoms with van der Waals surface area (Å²) in [6.45, 7) is -0.605. The fourth-order valence-corrected chi connectivity index (χ4v) is 4.90. The standard InChI is InChI=1S/C26H26N4O8S2/c1-39-15-14-37-26(32)19-38-23-12-10-20(11-13-23)17-27-28-25(31)18-29(21-6-5-7-22(16-21)30(33)34)40(35,36)24-8-3-2-4-9-24/h2-13,16-17H,14-15,18-19H2,1H3,(H,28,31)/b27-17-. The summed E-state index contributed by atoms with van der Waals surface area (Å²) >= 11 is 1.56. The van der Waals surface area contributed by atoms with Crippen LogP contribution in [0.15, 0.2) is 88.9 Å². The van der Waals surface area contributed by atoms with Crippen LogP contribution in [0.25, 0.3) is 0 Å². The average molecular weight is 587 g/mol. The Hall–Kier alpha value is -4.43. The lowest BCUT2D eigenvalue weighted by Gasteiger charge is -2.23. The molecule has 12 nitrogen and oxygen atoms in total. The number of ether oxygens (including phenoxy) is 2. The largest absolute Gasteiger partial charge is 0.482 e. The molecule has 210 valence electrons. The van der Waals surface area contributed by atoms with Crippen molar-refractivity contribution in [1.82, 2.24) is 5.43 Å². The number of nitrogens with zero attached hydrogens (tertiary/aromatic N) is 3. The third kappa shape index (κ3) is 8.81. The van der Waals surface area contributed by atoms with Gasteiger partial charge in [-0.1, -0.05) is 24.3 Å². The fraction of sp³-hybridized carbons (Fsp3) is 0.192. The predicted molar refractivity (Wildman–Crippen MR) is 151 cm³/mol. The van der Waals surface area contributed by atoms with Gasteiger partial charge >= 0.3 is 5.97 Å². The lowest BCUT2D eigenvalue weighted by Crippen LogP contribution is -2.39. The molecule has 3 aromatic carbocycles. The summed E-state index contributed by atoms with van der Waals surface area (Å²) in [6, 6.07) is 18.9. The van der Waals surface area contributed by atoms with Crippen molar-refractivity contribution in [2.45, 2.75) is 4.90 Å². The van der Waals surface area contributed by atoms with Crippen molar-refractivity contribution in [3.05, 3.63) is 94.5 Å². The van der Waals surface area contributed by atoms with Gasteiger partial charge < -0.3 is 9.47 Å². The fourth-order valence-electron chi connectivity index (χ4n) is 3.21. The Bertz CT molecular complexity index is 1450. The van der Waals surface area contributed by atoms with Crippen LogP contribution in [0.1, 0.15) is 5.56 Å². The Labute approximate surface area is 235 Å². The molecule has 3 rings (SSSR count). The molecule has 0 bridgehead atoms. The van der Waals surface area contributed by atoms with Crippen molar-refractivity contribution in [2.75, 3.05) is 36.1 Å². The van der Waals surface area contributed by atoms with Gasteiger partial charge in [0.15, 0.2) is 6.61 Å². The normalized spacial score (nSPS) is 11.1. The third-order valence-corrected chi connectivity index (χ3v) is 7.50. The van der Waals surface area contributed by atoms with Crippen molar-refractivity contribution in [3.8, 4) is 5.75 Å². The van der Waals surface area contributed by atoms with Gasteiger partial charge in [0, 0.05) is 17.9 Å². The number of nitro benzene ring substituents is 1. The van der Waals surface area contributed by atoms with Crippen LogP contribution in [0.5, 0.6) is 5.75 Å². The summed E-state index contributed by atoms with van der Waals surface area (Å²) in [6.07, 6.45) is 3.24. The molecule has 0 aliphatic rings. The molecule has 0 aromatic heterocycles. The lowest BCUT2D eigenvalue weighted by molar-refractivity contribution is -0.384. The van der Waals surface area contributed by atoms with Crippen LogP contribution < -0.4 is 14.5 Å². The molecule has 40 heavy (non-hydrogen) atoms. The first-order valence-corrected chi connectivity index (χ1v) is 14.6. The van der Waals surface area contributed by atoms with Crippen molar-refractivity contribution >= 4 is 51.3 Å². The van der Waals surface area contributed by atoms with Gasteiger partial charge in [0.05, 0.1) is 21.7 Å². The number of esters is 1. The molecule has 0 saturated heterocycles. The van der Waals surface area contributed by atoms with E-state index in [1.54, 1.807) is 42.1 Å². The van der Waals surface area contributed by atoms with Crippen molar-refractivity contribution < 1.29 is 32.4 Å². The summed E-state index contributed by atoms with van der Waals surface area (Å²) in [7, 11) is -4.24. The van der Waals surface area contributed by atoms with Crippen LogP contribution in [0, 0.1) is 10.1 Å². The number of anilines is 1. The Morgan fingerprint density at radius 3 is 2.48 bits per heavy atom. The van der Waals surface area contributed by atoms with E-state index in [1.807, 2.05) is 6.26 Å². The third-order valence-electron chi connectivity index (χ3n) is 5.14. The van der Waals surface area contributed by atoms with Gasteiger partial charge in [-0.15, -0.1) is 0 Å². The second-order valence-electron chi connectivity index (χ2n) is 7.97.